The fourth-order valence-electron chi connectivity index (χ4n) is 2.21. The third kappa shape index (κ3) is 6.84. The second-order valence-corrected chi connectivity index (χ2v) is 8.23. The first-order chi connectivity index (χ1) is 18.2. The molecule has 0 bridgehead atoms. The van der Waals surface area contributed by atoms with Gasteiger partial charge in [0.15, 0.2) is 5.82 Å². The smallest absolute Gasteiger partial charge is 0.316 e. The highest BCUT2D eigenvalue weighted by Crippen LogP contribution is 2.34. The van der Waals surface area contributed by atoms with Crippen LogP contribution in [0.25, 0.3) is 11.1 Å². The summed E-state index contributed by atoms with van der Waals surface area (Å²) in [7, 11) is -4.66. The molecule has 170 valence electrons. The van der Waals surface area contributed by atoms with E-state index in [2.05, 4.69) is 35.9 Å². The minimum absolute atomic E-state index is 0.0607. The first-order valence-corrected chi connectivity index (χ1v) is 11.4. The van der Waals surface area contributed by atoms with E-state index in [1.165, 1.54) is 6.92 Å². The predicted molar refractivity (Wildman–Crippen MR) is 124 cm³/mol. The Bertz CT molecular complexity index is 1450. The van der Waals surface area contributed by atoms with Crippen molar-refractivity contribution in [2.24, 2.45) is 0 Å². The number of halogens is 1. The molecule has 0 aliphatic rings. The van der Waals surface area contributed by atoms with Crippen molar-refractivity contribution in [3.63, 3.8) is 0 Å². The van der Waals surface area contributed by atoms with Crippen molar-refractivity contribution in [3.05, 3.63) is 52.9 Å². The molecular formula is C20H23BrN6O4S. The lowest BCUT2D eigenvalue weighted by atomic mass is 10.1. The molecule has 0 radical (unpaired) electrons. The Balaban J connectivity index is 2.09. The molecule has 2 heterocycles. The first-order valence-electron chi connectivity index (χ1n) is 12.7. The van der Waals surface area contributed by atoms with Gasteiger partial charge >= 0.3 is 6.01 Å². The maximum atomic E-state index is 12.7. The molecule has 0 amide bonds. The fourth-order valence-corrected chi connectivity index (χ4v) is 3.19. The molecule has 10 nitrogen and oxygen atoms in total. The number of hydrogen-bond donors (Lipinski definition) is 2. The van der Waals surface area contributed by atoms with Crippen molar-refractivity contribution in [3.8, 4) is 23.0 Å². The fraction of sp³-hybridized carbons (Fsp3) is 0.300. The SMILES string of the molecule is [2H]c1nc(NS(=O)(=O)NC([2H])([2H])CC)c(-c2c([2H])c([2H])c(Br)c([2H])c2[2H])c(OCCOc2ncc(C)cn2)n1. The van der Waals surface area contributed by atoms with Crippen molar-refractivity contribution in [2.75, 3.05) is 24.4 Å². The summed E-state index contributed by atoms with van der Waals surface area (Å²) in [5.41, 5.74) is 0.00446. The van der Waals surface area contributed by atoms with Gasteiger partial charge in [-0.05, 0) is 36.6 Å². The van der Waals surface area contributed by atoms with E-state index in [9.17, 15) is 8.42 Å². The van der Waals surface area contributed by atoms with Gasteiger partial charge in [-0.2, -0.15) is 13.1 Å². The Morgan fingerprint density at radius 2 is 1.78 bits per heavy atom. The lowest BCUT2D eigenvalue weighted by Gasteiger charge is -2.15. The largest absolute Gasteiger partial charge is 0.473 e. The molecule has 0 aliphatic heterocycles. The van der Waals surface area contributed by atoms with Crippen LogP contribution in [-0.4, -0.2) is 48.1 Å². The summed E-state index contributed by atoms with van der Waals surface area (Å²) >= 11 is 3.00. The molecule has 0 fully saturated rings. The van der Waals surface area contributed by atoms with Gasteiger partial charge in [0.1, 0.15) is 20.9 Å². The second kappa shape index (κ2) is 11.2. The van der Waals surface area contributed by atoms with E-state index in [0.29, 0.717) is 0 Å². The van der Waals surface area contributed by atoms with Crippen LogP contribution >= 0.6 is 15.9 Å². The molecule has 2 N–H and O–H groups in total. The van der Waals surface area contributed by atoms with Crippen LogP contribution in [0, 0.1) is 6.92 Å². The molecule has 3 aromatic rings. The molecule has 2 aromatic heterocycles. The van der Waals surface area contributed by atoms with Crippen LogP contribution in [0.4, 0.5) is 5.82 Å². The third-order valence-electron chi connectivity index (χ3n) is 3.53. The zero-order chi connectivity index (χ0) is 29.1. The number of aromatic nitrogens is 4. The molecule has 32 heavy (non-hydrogen) atoms. The molecule has 12 heteroatoms. The number of anilines is 1. The maximum absolute atomic E-state index is 12.7. The quantitative estimate of drug-likeness (QED) is 0.362. The Kier molecular flexibility index (Phi) is 5.54. The van der Waals surface area contributed by atoms with Crippen LogP contribution in [0.3, 0.4) is 0 Å². The average Bonchev–Trinajstić information content (AvgIpc) is 2.85. The van der Waals surface area contributed by atoms with Gasteiger partial charge in [-0.25, -0.2) is 19.9 Å². The summed E-state index contributed by atoms with van der Waals surface area (Å²) in [6.45, 7) is 0.533. The van der Waals surface area contributed by atoms with Gasteiger partial charge in [0.05, 0.1) is 11.0 Å². The van der Waals surface area contributed by atoms with Crippen molar-refractivity contribution in [2.45, 2.75) is 20.3 Å². The molecule has 0 saturated carbocycles. The summed E-state index contributed by atoms with van der Waals surface area (Å²) in [6.07, 6.45) is 2.17. The van der Waals surface area contributed by atoms with E-state index in [-0.39, 0.29) is 30.1 Å². The topological polar surface area (TPSA) is 128 Å². The van der Waals surface area contributed by atoms with Crippen molar-refractivity contribution >= 4 is 32.0 Å². The highest BCUT2D eigenvalue weighted by Gasteiger charge is 2.19. The van der Waals surface area contributed by atoms with E-state index in [1.807, 2.05) is 4.72 Å². The maximum Gasteiger partial charge on any atom is 0.316 e. The molecule has 0 unspecified atom stereocenters. The van der Waals surface area contributed by atoms with Crippen LogP contribution in [0.5, 0.6) is 11.9 Å². The van der Waals surface area contributed by atoms with Crippen molar-refractivity contribution in [1.29, 1.82) is 0 Å². The number of benzene rings is 1. The lowest BCUT2D eigenvalue weighted by molar-refractivity contribution is 0.202. The van der Waals surface area contributed by atoms with Gasteiger partial charge in [-0.1, -0.05) is 34.9 Å². The van der Waals surface area contributed by atoms with Crippen LogP contribution < -0.4 is 18.9 Å². The zero-order valence-corrected chi connectivity index (χ0v) is 19.4. The molecule has 0 saturated heterocycles. The van der Waals surface area contributed by atoms with E-state index >= 15 is 0 Å². The third-order valence-corrected chi connectivity index (χ3v) is 4.81. The lowest BCUT2D eigenvalue weighted by Crippen LogP contribution is -2.31. The van der Waals surface area contributed by atoms with E-state index in [4.69, 9.17) is 19.1 Å². The van der Waals surface area contributed by atoms with Gasteiger partial charge in [-0.15, -0.1) is 0 Å². The highest BCUT2D eigenvalue weighted by molar-refractivity contribution is 9.10. The Hall–Kier alpha value is -2.83. The summed E-state index contributed by atoms with van der Waals surface area (Å²) in [4.78, 5) is 15.6. The first kappa shape index (κ1) is 15.9. The minimum atomic E-state index is -4.66. The van der Waals surface area contributed by atoms with E-state index in [0.717, 1.165) is 5.56 Å². The number of hydrogen-bond acceptors (Lipinski definition) is 8. The molecule has 3 rings (SSSR count). The molecule has 0 atom stereocenters. The van der Waals surface area contributed by atoms with Crippen molar-refractivity contribution in [1.82, 2.24) is 24.7 Å². The zero-order valence-electron chi connectivity index (χ0n) is 24.0. The summed E-state index contributed by atoms with van der Waals surface area (Å²) in [5, 5.41) is 0. The molecule has 1 aromatic carbocycles. The summed E-state index contributed by atoms with van der Waals surface area (Å²) in [6, 6.07) is -2.03. The predicted octanol–water partition coefficient (Wildman–Crippen LogP) is 3.12. The number of ether oxygens (including phenoxy) is 2. The van der Waals surface area contributed by atoms with Crippen LogP contribution in [0.15, 0.2) is 47.3 Å². The van der Waals surface area contributed by atoms with Crippen LogP contribution in [-0.2, 0) is 10.2 Å². The summed E-state index contributed by atoms with van der Waals surface area (Å²) in [5.74, 6) is -1.07. The average molecular weight is 530 g/mol. The second-order valence-electron chi connectivity index (χ2n) is 6.02. The normalized spacial score (nSPS) is 14.8. The number of aryl methyl sites for hydroxylation is 1. The number of nitrogens with one attached hydrogen (secondary N) is 2. The van der Waals surface area contributed by atoms with Gasteiger partial charge in [0, 0.05) is 26.1 Å². The molecule has 0 aliphatic carbocycles. The van der Waals surface area contributed by atoms with Crippen LogP contribution in [0.1, 0.15) is 28.5 Å². The monoisotopic (exact) mass is 529 g/mol. The summed E-state index contributed by atoms with van der Waals surface area (Å²) < 4.78 is 96.8. The number of rotatable bonds is 11. The van der Waals surface area contributed by atoms with Gasteiger partial charge in [0.25, 0.3) is 10.2 Å². The van der Waals surface area contributed by atoms with E-state index in [1.54, 1.807) is 24.0 Å². The Morgan fingerprint density at radius 3 is 2.47 bits per heavy atom. The van der Waals surface area contributed by atoms with E-state index < -0.39 is 70.0 Å². The highest BCUT2D eigenvalue weighted by atomic mass is 79.9. The molecule has 0 spiro atoms. The standard InChI is InChI=1S/C20H23BrN6O4S/c1-3-8-26-32(28,29)27-18-17(15-4-6-16(21)7-5-15)19(25-13-24-18)30-9-10-31-20-22-11-14(2)12-23-20/h4-7,11-13,26H,3,8-10H2,1-2H3,(H,24,25,27)/i4D,5D,6D,7D,8D2,13D. The Morgan fingerprint density at radius 1 is 1.09 bits per heavy atom. The van der Waals surface area contributed by atoms with Crippen LogP contribution in [0.2, 0.25) is 0 Å². The van der Waals surface area contributed by atoms with Gasteiger partial charge in [0.2, 0.25) is 5.88 Å². The molecular weight excluding hydrogens is 500 g/mol. The van der Waals surface area contributed by atoms with Crippen molar-refractivity contribution < 1.29 is 27.5 Å². The van der Waals surface area contributed by atoms with Gasteiger partial charge < -0.3 is 9.47 Å². The minimum Gasteiger partial charge on any atom is -0.473 e. The van der Waals surface area contributed by atoms with Gasteiger partial charge in [-0.3, -0.25) is 4.72 Å². The number of nitrogens with zero attached hydrogens (tertiary/aromatic N) is 4. The Labute approximate surface area is 205 Å².